The van der Waals surface area contributed by atoms with E-state index in [-0.39, 0.29) is 18.3 Å². The second kappa shape index (κ2) is 8.88. The van der Waals surface area contributed by atoms with Gasteiger partial charge in [0, 0.05) is 18.0 Å². The van der Waals surface area contributed by atoms with E-state index < -0.39 is 11.7 Å². The zero-order valence-electron chi connectivity index (χ0n) is 16.1. The topological polar surface area (TPSA) is 20.3 Å². The number of fused-ring (bicyclic) bond motifs is 1. The molecule has 1 aliphatic carbocycles. The largest absolute Gasteiger partial charge is 0.416 e. The van der Waals surface area contributed by atoms with Crippen LogP contribution in [0.2, 0.25) is 0 Å². The van der Waals surface area contributed by atoms with Crippen LogP contribution >= 0.6 is 12.4 Å². The molecule has 2 aromatic rings. The highest BCUT2D eigenvalue weighted by atomic mass is 35.5. The smallest absolute Gasteiger partial charge is 0.299 e. The van der Waals surface area contributed by atoms with Crippen molar-refractivity contribution in [2.75, 3.05) is 13.1 Å². The van der Waals surface area contributed by atoms with E-state index in [1.165, 1.54) is 5.56 Å². The minimum atomic E-state index is -4.29. The first-order chi connectivity index (χ1) is 13.4. The number of benzene rings is 2. The van der Waals surface area contributed by atoms with E-state index in [1.54, 1.807) is 12.1 Å². The summed E-state index contributed by atoms with van der Waals surface area (Å²) in [6, 6.07) is 13.4. The minimum Gasteiger partial charge on any atom is -0.299 e. The Bertz CT molecular complexity index is 842. The molecule has 1 atom stereocenters. The molecule has 0 amide bonds. The number of carbonyl (C=O) groups is 1. The Kier molecular flexibility index (Phi) is 6.69. The molecule has 0 spiro atoms. The molecule has 0 radical (unpaired) electrons. The van der Waals surface area contributed by atoms with Crippen molar-refractivity contribution in [3.8, 4) is 0 Å². The minimum absolute atomic E-state index is 0. The fourth-order valence-corrected chi connectivity index (χ4v) is 4.64. The number of hydrogen-bond acceptors (Lipinski definition) is 2. The number of piperidine rings is 1. The fraction of sp³-hybridized carbons (Fsp3) is 0.435. The molecule has 156 valence electrons. The summed E-state index contributed by atoms with van der Waals surface area (Å²) in [4.78, 5) is 15.2. The third-order valence-electron chi connectivity index (χ3n) is 6.23. The average Bonchev–Trinajstić information content (AvgIpc) is 2.69. The summed E-state index contributed by atoms with van der Waals surface area (Å²) in [7, 11) is 0. The van der Waals surface area contributed by atoms with E-state index in [0.29, 0.717) is 18.2 Å². The number of likely N-dealkylation sites (tertiary alicyclic amines) is 1. The van der Waals surface area contributed by atoms with Crippen LogP contribution in [0.15, 0.2) is 48.5 Å². The number of halogens is 4. The molecule has 2 nitrogen and oxygen atoms in total. The lowest BCUT2D eigenvalue weighted by molar-refractivity contribution is -0.137. The van der Waals surface area contributed by atoms with Crippen LogP contribution in [0, 0.1) is 11.8 Å². The maximum Gasteiger partial charge on any atom is 0.416 e. The van der Waals surface area contributed by atoms with Crippen molar-refractivity contribution in [3.05, 3.63) is 70.8 Å². The van der Waals surface area contributed by atoms with Gasteiger partial charge in [-0.2, -0.15) is 13.2 Å². The first-order valence-electron chi connectivity index (χ1n) is 9.92. The lowest BCUT2D eigenvalue weighted by atomic mass is 9.73. The van der Waals surface area contributed by atoms with Gasteiger partial charge in [0.25, 0.3) is 0 Å². The second-order valence-electron chi connectivity index (χ2n) is 7.97. The Morgan fingerprint density at radius 3 is 2.24 bits per heavy atom. The normalized spacial score (nSPS) is 20.8. The van der Waals surface area contributed by atoms with Gasteiger partial charge in [-0.05, 0) is 68.0 Å². The average molecular weight is 424 g/mol. The molecule has 2 aliphatic rings. The number of nitrogens with zero attached hydrogens (tertiary/aromatic N) is 1. The van der Waals surface area contributed by atoms with Gasteiger partial charge in [-0.1, -0.05) is 36.4 Å². The van der Waals surface area contributed by atoms with Crippen molar-refractivity contribution >= 4 is 18.2 Å². The number of aryl methyl sites for hydroxylation is 1. The van der Waals surface area contributed by atoms with Gasteiger partial charge in [0.15, 0.2) is 5.78 Å². The summed E-state index contributed by atoms with van der Waals surface area (Å²) in [5.74, 6) is 0.816. The predicted octanol–water partition coefficient (Wildman–Crippen LogP) is 5.78. The van der Waals surface area contributed by atoms with E-state index in [1.807, 2.05) is 18.2 Å². The second-order valence-corrected chi connectivity index (χ2v) is 7.97. The van der Waals surface area contributed by atoms with Gasteiger partial charge in [0.2, 0.25) is 0 Å². The highest BCUT2D eigenvalue weighted by Gasteiger charge is 2.35. The summed E-state index contributed by atoms with van der Waals surface area (Å²) in [6.45, 7) is 2.43. The van der Waals surface area contributed by atoms with Gasteiger partial charge in [0.05, 0.1) is 5.56 Å². The van der Waals surface area contributed by atoms with Crippen LogP contribution in [-0.2, 0) is 19.1 Å². The number of rotatable bonds is 3. The first-order valence-corrected chi connectivity index (χ1v) is 9.92. The lowest BCUT2D eigenvalue weighted by Gasteiger charge is -2.37. The van der Waals surface area contributed by atoms with Gasteiger partial charge in [-0.15, -0.1) is 12.4 Å². The van der Waals surface area contributed by atoms with Crippen LogP contribution in [0.1, 0.15) is 46.3 Å². The zero-order valence-corrected chi connectivity index (χ0v) is 16.9. The monoisotopic (exact) mass is 423 g/mol. The predicted molar refractivity (Wildman–Crippen MR) is 109 cm³/mol. The Morgan fingerprint density at radius 2 is 1.59 bits per heavy atom. The van der Waals surface area contributed by atoms with Gasteiger partial charge < -0.3 is 0 Å². The summed E-state index contributed by atoms with van der Waals surface area (Å²) in [5.41, 5.74) is 2.36. The van der Waals surface area contributed by atoms with Crippen molar-refractivity contribution in [2.45, 2.75) is 38.4 Å². The summed E-state index contributed by atoms with van der Waals surface area (Å²) in [6.07, 6.45) is -0.446. The van der Waals surface area contributed by atoms with Crippen LogP contribution < -0.4 is 0 Å². The molecule has 2 aromatic carbocycles. The first kappa shape index (κ1) is 21.8. The van der Waals surface area contributed by atoms with E-state index in [4.69, 9.17) is 0 Å². The molecule has 6 heteroatoms. The van der Waals surface area contributed by atoms with Crippen LogP contribution in [-0.4, -0.2) is 23.8 Å². The molecule has 1 aliphatic heterocycles. The Morgan fingerprint density at radius 1 is 0.931 bits per heavy atom. The number of carbonyl (C=O) groups excluding carboxylic acids is 1. The summed E-state index contributed by atoms with van der Waals surface area (Å²) in [5, 5.41) is 0. The molecule has 1 unspecified atom stereocenters. The van der Waals surface area contributed by atoms with Gasteiger partial charge in [0.1, 0.15) is 0 Å². The molecular formula is C23H25ClF3NO. The quantitative estimate of drug-likeness (QED) is 0.623. The van der Waals surface area contributed by atoms with E-state index >= 15 is 0 Å². The molecule has 29 heavy (non-hydrogen) atoms. The Balaban J connectivity index is 0.00000240. The van der Waals surface area contributed by atoms with Crippen LogP contribution in [0.4, 0.5) is 13.2 Å². The van der Waals surface area contributed by atoms with Crippen molar-refractivity contribution < 1.29 is 18.0 Å². The van der Waals surface area contributed by atoms with Gasteiger partial charge in [-0.3, -0.25) is 9.69 Å². The highest BCUT2D eigenvalue weighted by molar-refractivity contribution is 6.00. The number of hydrogen-bond donors (Lipinski definition) is 0. The third-order valence-corrected chi connectivity index (χ3v) is 6.23. The maximum atomic E-state index is 12.9. The number of ketones is 1. The SMILES string of the molecule is Cl.O=C1c2ccccc2CCC1C1CCN(Cc2ccc(C(F)(F)F)cc2)CC1. The van der Waals surface area contributed by atoms with Crippen LogP contribution in [0.3, 0.4) is 0 Å². The molecule has 4 rings (SSSR count). The van der Waals surface area contributed by atoms with Crippen molar-refractivity contribution in [2.24, 2.45) is 11.8 Å². The van der Waals surface area contributed by atoms with E-state index in [2.05, 4.69) is 11.0 Å². The van der Waals surface area contributed by atoms with Gasteiger partial charge in [-0.25, -0.2) is 0 Å². The Hall–Kier alpha value is -1.85. The maximum absolute atomic E-state index is 12.9. The summed E-state index contributed by atoms with van der Waals surface area (Å²) >= 11 is 0. The van der Waals surface area contributed by atoms with Crippen molar-refractivity contribution in [3.63, 3.8) is 0 Å². The third kappa shape index (κ3) is 4.84. The standard InChI is InChI=1S/C23H24F3NO.ClH/c24-23(25,26)19-8-5-16(6-9-19)15-27-13-11-18(12-14-27)21-10-7-17-3-1-2-4-20(17)22(21)28;/h1-6,8-9,18,21H,7,10-15H2;1H. The number of alkyl halides is 3. The zero-order chi connectivity index (χ0) is 19.7. The molecule has 1 saturated heterocycles. The molecule has 0 saturated carbocycles. The van der Waals surface area contributed by atoms with Gasteiger partial charge >= 0.3 is 6.18 Å². The Labute approximate surface area is 175 Å². The molecule has 1 fully saturated rings. The molecule has 0 aromatic heterocycles. The van der Waals surface area contributed by atoms with E-state index in [9.17, 15) is 18.0 Å². The molecular weight excluding hydrogens is 399 g/mol. The van der Waals surface area contributed by atoms with Crippen molar-refractivity contribution in [1.82, 2.24) is 4.90 Å². The molecule has 0 bridgehead atoms. The fourth-order valence-electron chi connectivity index (χ4n) is 4.64. The van der Waals surface area contributed by atoms with Crippen LogP contribution in [0.25, 0.3) is 0 Å². The lowest BCUT2D eigenvalue weighted by Crippen LogP contribution is -2.39. The van der Waals surface area contributed by atoms with E-state index in [0.717, 1.165) is 62.0 Å². The highest BCUT2D eigenvalue weighted by Crippen LogP contribution is 2.36. The van der Waals surface area contributed by atoms with Crippen LogP contribution in [0.5, 0.6) is 0 Å². The van der Waals surface area contributed by atoms with Crippen molar-refractivity contribution in [1.29, 1.82) is 0 Å². The summed E-state index contributed by atoms with van der Waals surface area (Å²) < 4.78 is 38.1. The number of Topliss-reactive ketones (excluding diaryl/α,β-unsaturated/α-hetero) is 1. The molecule has 1 heterocycles. The molecule has 0 N–H and O–H groups in total.